The van der Waals surface area contributed by atoms with Gasteiger partial charge in [0.15, 0.2) is 0 Å². The maximum absolute atomic E-state index is 13.9. The Labute approximate surface area is 260 Å². The number of aromatic nitrogens is 2. The highest BCUT2D eigenvalue weighted by Gasteiger charge is 2.30. The molecular formula is C40H26N2O2S. The molecule has 45 heavy (non-hydrogen) atoms. The smallest absolute Gasteiger partial charge is 0.207 e. The van der Waals surface area contributed by atoms with Crippen LogP contribution in [-0.4, -0.2) is 17.6 Å². The Kier molecular flexibility index (Phi) is 5.55. The first-order valence-electron chi connectivity index (χ1n) is 14.9. The van der Waals surface area contributed by atoms with Crippen LogP contribution in [0.25, 0.3) is 64.8 Å². The molecule has 0 saturated heterocycles. The summed E-state index contributed by atoms with van der Waals surface area (Å²) in [6.45, 7) is 0. The fraction of sp³-hybridized carbons (Fsp3) is 0. The average molecular weight is 599 g/mol. The van der Waals surface area contributed by atoms with E-state index in [0.717, 1.165) is 33.4 Å². The van der Waals surface area contributed by atoms with Crippen molar-refractivity contribution >= 4 is 63.3 Å². The number of allylic oxidation sites excluding steroid dienone is 2. The van der Waals surface area contributed by atoms with E-state index in [2.05, 4.69) is 81.9 Å². The van der Waals surface area contributed by atoms with Crippen LogP contribution in [0.4, 0.5) is 0 Å². The molecule has 0 bridgehead atoms. The van der Waals surface area contributed by atoms with Gasteiger partial charge < -0.3 is 9.13 Å². The molecule has 9 rings (SSSR count). The van der Waals surface area contributed by atoms with E-state index in [1.165, 1.54) is 21.5 Å². The molecule has 1 aliphatic rings. The van der Waals surface area contributed by atoms with E-state index < -0.39 is 9.84 Å². The van der Waals surface area contributed by atoms with Gasteiger partial charge in [-0.3, -0.25) is 0 Å². The summed E-state index contributed by atoms with van der Waals surface area (Å²) in [5.41, 5.74) is 7.79. The fourth-order valence-electron chi connectivity index (χ4n) is 6.90. The summed E-state index contributed by atoms with van der Waals surface area (Å²) in [5, 5.41) is 4.76. The lowest BCUT2D eigenvalue weighted by Gasteiger charge is -2.12. The molecule has 6 aromatic carbocycles. The first-order chi connectivity index (χ1) is 22.1. The standard InChI is InChI=1S/C40H26N2O2S/c43-45(44)39(27-17-21-29(22-18-27)41-35-13-5-1-9-31(35)32-10-2-6-14-36(32)41)25-26-40(45)28-19-23-30(24-20-28)42-37-15-7-3-11-33(37)34-12-4-8-16-38(34)42/h1-26H. The number of fused-ring (bicyclic) bond motifs is 6. The quantitative estimate of drug-likeness (QED) is 0.202. The number of rotatable bonds is 4. The van der Waals surface area contributed by atoms with Crippen molar-refractivity contribution in [3.05, 3.63) is 169 Å². The summed E-state index contributed by atoms with van der Waals surface area (Å²) in [7, 11) is -3.70. The number of nitrogens with zero attached hydrogens (tertiary/aromatic N) is 2. The summed E-state index contributed by atoms with van der Waals surface area (Å²) in [6, 6.07) is 49.1. The van der Waals surface area contributed by atoms with Gasteiger partial charge in [-0.1, -0.05) is 97.1 Å². The maximum Gasteiger partial charge on any atom is 0.207 e. The van der Waals surface area contributed by atoms with Gasteiger partial charge in [-0.15, -0.1) is 0 Å². The van der Waals surface area contributed by atoms with Crippen molar-refractivity contribution in [2.75, 3.05) is 0 Å². The molecule has 0 amide bonds. The van der Waals surface area contributed by atoms with Crippen LogP contribution in [0.2, 0.25) is 0 Å². The van der Waals surface area contributed by atoms with Gasteiger partial charge in [0, 0.05) is 32.9 Å². The Bertz CT molecular complexity index is 2350. The number of sulfone groups is 1. The van der Waals surface area contributed by atoms with Gasteiger partial charge in [-0.2, -0.15) is 0 Å². The molecule has 1 aliphatic heterocycles. The highest BCUT2D eigenvalue weighted by molar-refractivity contribution is 8.09. The summed E-state index contributed by atoms with van der Waals surface area (Å²) in [4.78, 5) is 0.635. The average Bonchev–Trinajstić information content (AvgIpc) is 3.71. The molecule has 4 nitrogen and oxygen atoms in total. The van der Waals surface area contributed by atoms with Crippen LogP contribution in [0.15, 0.2) is 158 Å². The number of para-hydroxylation sites is 4. The van der Waals surface area contributed by atoms with Crippen molar-refractivity contribution in [2.24, 2.45) is 0 Å². The minimum atomic E-state index is -3.70. The molecule has 2 aromatic heterocycles. The van der Waals surface area contributed by atoms with Crippen molar-refractivity contribution < 1.29 is 8.42 Å². The highest BCUT2D eigenvalue weighted by Crippen LogP contribution is 2.40. The van der Waals surface area contributed by atoms with E-state index >= 15 is 0 Å². The van der Waals surface area contributed by atoms with Gasteiger partial charge in [-0.05, 0) is 71.8 Å². The van der Waals surface area contributed by atoms with Gasteiger partial charge in [0.25, 0.3) is 0 Å². The highest BCUT2D eigenvalue weighted by atomic mass is 32.2. The minimum absolute atomic E-state index is 0.317. The largest absolute Gasteiger partial charge is 0.309 e. The van der Waals surface area contributed by atoms with E-state index in [0.29, 0.717) is 20.9 Å². The Morgan fingerprint density at radius 3 is 0.956 bits per heavy atom. The van der Waals surface area contributed by atoms with Crippen molar-refractivity contribution in [1.82, 2.24) is 9.13 Å². The minimum Gasteiger partial charge on any atom is -0.309 e. The molecule has 0 fully saturated rings. The maximum atomic E-state index is 13.9. The molecule has 8 aromatic rings. The Morgan fingerprint density at radius 1 is 0.356 bits per heavy atom. The SMILES string of the molecule is O=S1(=O)C(c2ccc(-n3c4ccccc4c4ccccc43)cc2)=CC=C1c1ccc(-n2c3ccccc3c3ccccc32)cc1. The van der Waals surface area contributed by atoms with Crippen LogP contribution >= 0.6 is 0 Å². The lowest BCUT2D eigenvalue weighted by molar-refractivity contribution is 0.615. The molecule has 3 heterocycles. The van der Waals surface area contributed by atoms with Gasteiger partial charge in [0.1, 0.15) is 0 Å². The molecule has 0 N–H and O–H groups in total. The van der Waals surface area contributed by atoms with Crippen LogP contribution in [0, 0.1) is 0 Å². The Morgan fingerprint density at radius 2 is 0.644 bits per heavy atom. The van der Waals surface area contributed by atoms with Gasteiger partial charge in [0.05, 0.1) is 31.9 Å². The molecule has 5 heteroatoms. The lowest BCUT2D eigenvalue weighted by atomic mass is 10.1. The zero-order chi connectivity index (χ0) is 30.1. The zero-order valence-corrected chi connectivity index (χ0v) is 24.9. The summed E-state index contributed by atoms with van der Waals surface area (Å²) in [6.07, 6.45) is 3.45. The first kappa shape index (κ1) is 25.8. The first-order valence-corrected chi connectivity index (χ1v) is 16.4. The number of benzene rings is 6. The third-order valence-electron chi connectivity index (χ3n) is 8.95. The molecule has 0 spiro atoms. The number of hydrogen-bond donors (Lipinski definition) is 0. The zero-order valence-electron chi connectivity index (χ0n) is 24.1. The van der Waals surface area contributed by atoms with E-state index in [1.54, 1.807) is 12.2 Å². The fourth-order valence-corrected chi connectivity index (χ4v) is 8.53. The second-order valence-corrected chi connectivity index (χ2v) is 13.3. The van der Waals surface area contributed by atoms with Crippen LogP contribution < -0.4 is 0 Å². The molecular weight excluding hydrogens is 573 g/mol. The van der Waals surface area contributed by atoms with Gasteiger partial charge in [0.2, 0.25) is 9.84 Å². The third kappa shape index (κ3) is 3.81. The molecule has 0 atom stereocenters. The summed E-state index contributed by atoms with van der Waals surface area (Å²) >= 11 is 0. The predicted octanol–water partition coefficient (Wildman–Crippen LogP) is 9.69. The Balaban J connectivity index is 1.04. The van der Waals surface area contributed by atoms with Crippen LogP contribution in [0.1, 0.15) is 11.1 Å². The predicted molar refractivity (Wildman–Crippen MR) is 186 cm³/mol. The number of hydrogen-bond acceptors (Lipinski definition) is 2. The van der Waals surface area contributed by atoms with E-state index in [4.69, 9.17) is 0 Å². The van der Waals surface area contributed by atoms with Crippen LogP contribution in [0.5, 0.6) is 0 Å². The van der Waals surface area contributed by atoms with E-state index in [1.807, 2.05) is 72.8 Å². The molecule has 0 saturated carbocycles. The third-order valence-corrected chi connectivity index (χ3v) is 10.8. The molecule has 0 unspecified atom stereocenters. The second kappa shape index (κ2) is 9.68. The van der Waals surface area contributed by atoms with Crippen molar-refractivity contribution in [1.29, 1.82) is 0 Å². The van der Waals surface area contributed by atoms with Crippen LogP contribution in [-0.2, 0) is 9.84 Å². The molecule has 214 valence electrons. The van der Waals surface area contributed by atoms with Crippen molar-refractivity contribution in [3.63, 3.8) is 0 Å². The van der Waals surface area contributed by atoms with Crippen molar-refractivity contribution in [2.45, 2.75) is 0 Å². The monoisotopic (exact) mass is 598 g/mol. The lowest BCUT2D eigenvalue weighted by Crippen LogP contribution is -2.03. The van der Waals surface area contributed by atoms with E-state index in [-0.39, 0.29) is 0 Å². The molecule has 0 aliphatic carbocycles. The molecule has 0 radical (unpaired) electrons. The summed E-state index contributed by atoms with van der Waals surface area (Å²) < 4.78 is 32.2. The second-order valence-electron chi connectivity index (χ2n) is 11.4. The van der Waals surface area contributed by atoms with Crippen LogP contribution in [0.3, 0.4) is 0 Å². The Hall–Kier alpha value is -5.65. The van der Waals surface area contributed by atoms with E-state index in [9.17, 15) is 8.42 Å². The normalized spacial score (nSPS) is 14.4. The summed E-state index contributed by atoms with van der Waals surface area (Å²) in [5.74, 6) is 0. The van der Waals surface area contributed by atoms with Gasteiger partial charge >= 0.3 is 0 Å². The van der Waals surface area contributed by atoms with Gasteiger partial charge in [-0.25, -0.2) is 8.42 Å². The topological polar surface area (TPSA) is 44.0 Å². The van der Waals surface area contributed by atoms with Crippen molar-refractivity contribution in [3.8, 4) is 11.4 Å².